The molecule has 0 aliphatic heterocycles. The standard InChI is InChI=1S/C17H17ClN4O3/c1-19-15-5-4-9(17(21-15)24-2)10-6-11-12(16(23)22-25-3)8-20-14(11)7-13(10)18/h4-8,20H,1-3H3,(H,19,21)(H,22,23). The second-order valence-corrected chi connectivity index (χ2v) is 5.63. The molecular formula is C17H17ClN4O3. The summed E-state index contributed by atoms with van der Waals surface area (Å²) in [5.41, 5.74) is 4.96. The highest BCUT2D eigenvalue weighted by Gasteiger charge is 2.17. The Hall–Kier alpha value is -2.77. The van der Waals surface area contributed by atoms with Gasteiger partial charge in [-0.3, -0.25) is 9.63 Å². The van der Waals surface area contributed by atoms with E-state index in [4.69, 9.17) is 21.2 Å². The molecule has 0 saturated heterocycles. The largest absolute Gasteiger partial charge is 0.480 e. The molecule has 0 spiro atoms. The highest BCUT2D eigenvalue weighted by Crippen LogP contribution is 2.37. The fourth-order valence-corrected chi connectivity index (χ4v) is 2.89. The Morgan fingerprint density at radius 1 is 1.24 bits per heavy atom. The van der Waals surface area contributed by atoms with Crippen LogP contribution in [-0.4, -0.2) is 37.1 Å². The Morgan fingerprint density at radius 2 is 2.04 bits per heavy atom. The van der Waals surface area contributed by atoms with Gasteiger partial charge in [-0.15, -0.1) is 0 Å². The first-order chi connectivity index (χ1) is 12.1. The monoisotopic (exact) mass is 360 g/mol. The van der Waals surface area contributed by atoms with Gasteiger partial charge in [0, 0.05) is 35.3 Å². The molecular weight excluding hydrogens is 344 g/mol. The number of carbonyl (C=O) groups excluding carboxylic acids is 1. The minimum Gasteiger partial charge on any atom is -0.480 e. The SMILES string of the molecule is CNc1ccc(-c2cc3c(C(=O)NOC)c[nH]c3cc2Cl)c(OC)n1. The van der Waals surface area contributed by atoms with Crippen molar-refractivity contribution in [3.05, 3.63) is 41.0 Å². The number of nitrogens with zero attached hydrogens (tertiary/aromatic N) is 1. The molecule has 1 aromatic carbocycles. The number of hydrogen-bond acceptors (Lipinski definition) is 5. The predicted molar refractivity (Wildman–Crippen MR) is 97.1 cm³/mol. The maximum Gasteiger partial charge on any atom is 0.276 e. The Bertz CT molecular complexity index is 939. The summed E-state index contributed by atoms with van der Waals surface area (Å²) in [4.78, 5) is 24.2. The van der Waals surface area contributed by atoms with E-state index < -0.39 is 0 Å². The maximum absolute atomic E-state index is 12.1. The van der Waals surface area contributed by atoms with E-state index in [0.29, 0.717) is 33.2 Å². The number of carbonyl (C=O) groups is 1. The van der Waals surface area contributed by atoms with E-state index in [1.54, 1.807) is 26.4 Å². The number of ether oxygens (including phenoxy) is 1. The van der Waals surface area contributed by atoms with Crippen LogP contribution in [0, 0.1) is 0 Å². The summed E-state index contributed by atoms with van der Waals surface area (Å²) in [6.45, 7) is 0. The number of halogens is 1. The van der Waals surface area contributed by atoms with Gasteiger partial charge in [0.25, 0.3) is 5.91 Å². The fraction of sp³-hybridized carbons (Fsp3) is 0.176. The number of nitrogens with one attached hydrogen (secondary N) is 3. The third kappa shape index (κ3) is 3.11. The van der Waals surface area contributed by atoms with Crippen LogP contribution in [-0.2, 0) is 4.84 Å². The van der Waals surface area contributed by atoms with Crippen molar-refractivity contribution in [2.24, 2.45) is 0 Å². The van der Waals surface area contributed by atoms with Crippen LogP contribution in [0.1, 0.15) is 10.4 Å². The van der Waals surface area contributed by atoms with E-state index in [0.717, 1.165) is 11.1 Å². The Kier molecular flexibility index (Phi) is 4.78. The Balaban J connectivity index is 2.18. The summed E-state index contributed by atoms with van der Waals surface area (Å²) in [6.07, 6.45) is 1.61. The highest BCUT2D eigenvalue weighted by molar-refractivity contribution is 6.34. The number of hydroxylamine groups is 1. The molecule has 0 atom stereocenters. The van der Waals surface area contributed by atoms with Crippen LogP contribution >= 0.6 is 11.6 Å². The summed E-state index contributed by atoms with van der Waals surface area (Å²) in [5.74, 6) is 0.767. The van der Waals surface area contributed by atoms with E-state index in [1.807, 2.05) is 18.2 Å². The second kappa shape index (κ2) is 7.00. The van der Waals surface area contributed by atoms with Crippen molar-refractivity contribution in [2.45, 2.75) is 0 Å². The first kappa shape index (κ1) is 17.1. The lowest BCUT2D eigenvalue weighted by atomic mass is 10.0. The summed E-state index contributed by atoms with van der Waals surface area (Å²) in [5, 5.41) is 4.20. The minimum atomic E-state index is -0.349. The zero-order valence-electron chi connectivity index (χ0n) is 13.9. The van der Waals surface area contributed by atoms with E-state index in [1.165, 1.54) is 7.11 Å². The van der Waals surface area contributed by atoms with Crippen LogP contribution in [0.4, 0.5) is 5.82 Å². The van der Waals surface area contributed by atoms with Crippen molar-refractivity contribution >= 4 is 34.2 Å². The molecule has 0 aliphatic rings. The van der Waals surface area contributed by atoms with E-state index in [2.05, 4.69) is 20.8 Å². The highest BCUT2D eigenvalue weighted by atomic mass is 35.5. The van der Waals surface area contributed by atoms with Gasteiger partial charge in [-0.25, -0.2) is 5.48 Å². The summed E-state index contributed by atoms with van der Waals surface area (Å²) in [6, 6.07) is 7.29. The number of aromatic amines is 1. The van der Waals surface area contributed by atoms with Gasteiger partial charge in [0.05, 0.1) is 24.8 Å². The molecule has 130 valence electrons. The average molecular weight is 361 g/mol. The second-order valence-electron chi connectivity index (χ2n) is 5.22. The molecule has 25 heavy (non-hydrogen) atoms. The zero-order valence-corrected chi connectivity index (χ0v) is 14.7. The number of rotatable bonds is 5. The van der Waals surface area contributed by atoms with Crippen LogP contribution in [0.25, 0.3) is 22.0 Å². The molecule has 0 radical (unpaired) electrons. The van der Waals surface area contributed by atoms with Gasteiger partial charge in [0.2, 0.25) is 5.88 Å². The molecule has 2 aromatic heterocycles. The fourth-order valence-electron chi connectivity index (χ4n) is 2.63. The van der Waals surface area contributed by atoms with E-state index in [9.17, 15) is 4.79 Å². The minimum absolute atomic E-state index is 0.349. The van der Waals surface area contributed by atoms with Crippen LogP contribution in [0.15, 0.2) is 30.5 Å². The molecule has 1 amide bonds. The lowest BCUT2D eigenvalue weighted by Gasteiger charge is -2.11. The van der Waals surface area contributed by atoms with E-state index >= 15 is 0 Å². The number of aromatic nitrogens is 2. The van der Waals surface area contributed by atoms with Crippen molar-refractivity contribution < 1.29 is 14.4 Å². The quantitative estimate of drug-likeness (QED) is 0.608. The van der Waals surface area contributed by atoms with Gasteiger partial charge < -0.3 is 15.0 Å². The number of pyridine rings is 1. The normalized spacial score (nSPS) is 10.7. The third-order valence-electron chi connectivity index (χ3n) is 3.81. The van der Waals surface area contributed by atoms with Crippen molar-refractivity contribution in [1.29, 1.82) is 0 Å². The number of H-pyrrole nitrogens is 1. The summed E-state index contributed by atoms with van der Waals surface area (Å²) < 4.78 is 5.39. The first-order valence-corrected chi connectivity index (χ1v) is 7.84. The number of benzene rings is 1. The molecule has 0 fully saturated rings. The lowest BCUT2D eigenvalue weighted by molar-refractivity contribution is 0.0539. The van der Waals surface area contributed by atoms with Crippen LogP contribution in [0.3, 0.4) is 0 Å². The van der Waals surface area contributed by atoms with Crippen LogP contribution in [0.2, 0.25) is 5.02 Å². The Labute approximate surface area is 149 Å². The lowest BCUT2D eigenvalue weighted by Crippen LogP contribution is -2.21. The number of hydrogen-bond donors (Lipinski definition) is 3. The van der Waals surface area contributed by atoms with Crippen LogP contribution < -0.4 is 15.5 Å². The number of fused-ring (bicyclic) bond motifs is 1. The average Bonchev–Trinajstić information content (AvgIpc) is 3.03. The van der Waals surface area contributed by atoms with E-state index in [-0.39, 0.29) is 5.91 Å². The Morgan fingerprint density at radius 3 is 2.72 bits per heavy atom. The first-order valence-electron chi connectivity index (χ1n) is 7.46. The number of methoxy groups -OCH3 is 1. The molecule has 3 aromatic rings. The number of amides is 1. The zero-order chi connectivity index (χ0) is 18.0. The van der Waals surface area contributed by atoms with Crippen molar-refractivity contribution in [3.8, 4) is 17.0 Å². The van der Waals surface area contributed by atoms with Gasteiger partial charge >= 0.3 is 0 Å². The van der Waals surface area contributed by atoms with Gasteiger partial charge in [-0.05, 0) is 24.3 Å². The topological polar surface area (TPSA) is 88.3 Å². The smallest absolute Gasteiger partial charge is 0.276 e. The molecule has 7 nitrogen and oxygen atoms in total. The molecule has 3 rings (SSSR count). The molecule has 0 aliphatic carbocycles. The molecule has 0 unspecified atom stereocenters. The predicted octanol–water partition coefficient (Wildman–Crippen LogP) is 3.22. The van der Waals surface area contributed by atoms with Gasteiger partial charge in [0.1, 0.15) is 5.82 Å². The number of anilines is 1. The van der Waals surface area contributed by atoms with Gasteiger partial charge in [-0.2, -0.15) is 4.98 Å². The molecule has 8 heteroatoms. The van der Waals surface area contributed by atoms with Gasteiger partial charge in [0.15, 0.2) is 0 Å². The third-order valence-corrected chi connectivity index (χ3v) is 4.12. The maximum atomic E-state index is 12.1. The molecule has 0 bridgehead atoms. The van der Waals surface area contributed by atoms with Crippen molar-refractivity contribution in [3.63, 3.8) is 0 Å². The van der Waals surface area contributed by atoms with Gasteiger partial charge in [-0.1, -0.05) is 11.6 Å². The molecule has 2 heterocycles. The summed E-state index contributed by atoms with van der Waals surface area (Å²) in [7, 11) is 4.71. The molecule has 0 saturated carbocycles. The van der Waals surface area contributed by atoms with Crippen molar-refractivity contribution in [1.82, 2.24) is 15.4 Å². The molecule has 3 N–H and O–H groups in total. The van der Waals surface area contributed by atoms with Crippen molar-refractivity contribution in [2.75, 3.05) is 26.6 Å². The summed E-state index contributed by atoms with van der Waals surface area (Å²) >= 11 is 6.45. The van der Waals surface area contributed by atoms with Crippen LogP contribution in [0.5, 0.6) is 5.88 Å².